The molecule has 1 atom stereocenters. The summed E-state index contributed by atoms with van der Waals surface area (Å²) in [6.07, 6.45) is 3.39. The molecule has 0 aliphatic heterocycles. The van der Waals surface area contributed by atoms with Crippen molar-refractivity contribution < 1.29 is 5.11 Å². The highest BCUT2D eigenvalue weighted by Gasteiger charge is 2.42. The molecule has 1 aromatic heterocycles. The van der Waals surface area contributed by atoms with Gasteiger partial charge in [-0.05, 0) is 60.7 Å². The molecule has 0 radical (unpaired) electrons. The number of aryl methyl sites for hydroxylation is 2. The van der Waals surface area contributed by atoms with E-state index in [1.165, 1.54) is 11.1 Å². The third-order valence-electron chi connectivity index (χ3n) is 4.10. The van der Waals surface area contributed by atoms with Crippen LogP contribution in [0.3, 0.4) is 0 Å². The van der Waals surface area contributed by atoms with Crippen molar-refractivity contribution in [1.82, 2.24) is 9.78 Å². The second kappa shape index (κ2) is 4.71. The Hall–Kier alpha value is -1.13. The van der Waals surface area contributed by atoms with E-state index in [2.05, 4.69) is 60.0 Å². The first-order valence-electron chi connectivity index (χ1n) is 6.99. The van der Waals surface area contributed by atoms with Gasteiger partial charge in [0.25, 0.3) is 0 Å². The van der Waals surface area contributed by atoms with Gasteiger partial charge in [-0.25, -0.2) is 0 Å². The molecule has 0 saturated carbocycles. The van der Waals surface area contributed by atoms with E-state index in [4.69, 9.17) is 0 Å². The number of aliphatic hydroxyl groups is 1. The number of rotatable bonds is 2. The zero-order chi connectivity index (χ0) is 14.5. The number of hydrogen-bond acceptors (Lipinski definition) is 2. The molecule has 0 amide bonds. The van der Waals surface area contributed by atoms with Gasteiger partial charge in [-0.15, -0.1) is 0 Å². The first kappa shape index (κ1) is 13.8. The fraction of sp³-hybridized carbons (Fsp3) is 0.438. The molecular formula is C16H19BrN2O. The zero-order valence-corrected chi connectivity index (χ0v) is 13.6. The minimum absolute atomic E-state index is 0.217. The van der Waals surface area contributed by atoms with Crippen molar-refractivity contribution in [2.75, 3.05) is 0 Å². The first-order chi connectivity index (χ1) is 9.43. The molecule has 2 aromatic rings. The lowest BCUT2D eigenvalue weighted by molar-refractivity contribution is 0.0706. The molecule has 3 rings (SSSR count). The predicted octanol–water partition coefficient (Wildman–Crippen LogP) is 3.72. The molecule has 0 fully saturated rings. The molecule has 20 heavy (non-hydrogen) atoms. The van der Waals surface area contributed by atoms with Crippen LogP contribution in [-0.2, 0) is 12.0 Å². The Morgan fingerprint density at radius 3 is 2.85 bits per heavy atom. The molecule has 0 saturated heterocycles. The van der Waals surface area contributed by atoms with Crippen LogP contribution in [0, 0.1) is 6.92 Å². The van der Waals surface area contributed by atoms with Crippen molar-refractivity contribution in [2.24, 2.45) is 0 Å². The first-order valence-corrected chi connectivity index (χ1v) is 7.78. The van der Waals surface area contributed by atoms with E-state index in [9.17, 15) is 5.11 Å². The van der Waals surface area contributed by atoms with Crippen molar-refractivity contribution in [3.63, 3.8) is 0 Å². The highest BCUT2D eigenvalue weighted by Crippen LogP contribution is 2.45. The van der Waals surface area contributed by atoms with Crippen molar-refractivity contribution in [1.29, 1.82) is 0 Å². The number of fused-ring (bicyclic) bond motifs is 1. The fourth-order valence-electron chi connectivity index (χ4n) is 3.11. The summed E-state index contributed by atoms with van der Waals surface area (Å²) >= 11 is 3.56. The Bertz CT molecular complexity index is 662. The lowest BCUT2D eigenvalue weighted by atomic mass is 9.91. The number of nitrogens with zero attached hydrogens (tertiary/aromatic N) is 2. The molecule has 3 nitrogen and oxygen atoms in total. The molecule has 1 heterocycles. The fourth-order valence-corrected chi connectivity index (χ4v) is 3.71. The SMILES string of the molecule is Cc1ccc2c(c1)C(O)(c1c(Br)cnn1C(C)C)CC2. The van der Waals surface area contributed by atoms with Crippen molar-refractivity contribution in [3.05, 3.63) is 51.3 Å². The van der Waals surface area contributed by atoms with Gasteiger partial charge in [-0.2, -0.15) is 5.10 Å². The van der Waals surface area contributed by atoms with Crippen molar-refractivity contribution in [3.8, 4) is 0 Å². The maximum absolute atomic E-state index is 11.3. The van der Waals surface area contributed by atoms with E-state index in [1.54, 1.807) is 6.20 Å². The average Bonchev–Trinajstić information content (AvgIpc) is 2.92. The van der Waals surface area contributed by atoms with E-state index in [0.717, 1.165) is 22.2 Å². The van der Waals surface area contributed by atoms with Crippen LogP contribution in [0.2, 0.25) is 0 Å². The van der Waals surface area contributed by atoms with Gasteiger partial charge in [-0.1, -0.05) is 23.8 Å². The number of hydrogen-bond donors (Lipinski definition) is 1. The third kappa shape index (κ3) is 1.93. The number of halogens is 1. The topological polar surface area (TPSA) is 38.1 Å². The number of aromatic nitrogens is 2. The number of benzene rings is 1. The van der Waals surface area contributed by atoms with E-state index in [1.807, 2.05) is 4.68 Å². The van der Waals surface area contributed by atoms with E-state index < -0.39 is 5.60 Å². The smallest absolute Gasteiger partial charge is 0.133 e. The maximum atomic E-state index is 11.3. The molecule has 1 unspecified atom stereocenters. The van der Waals surface area contributed by atoms with Crippen LogP contribution in [0.1, 0.15) is 48.7 Å². The van der Waals surface area contributed by atoms with Gasteiger partial charge in [0.2, 0.25) is 0 Å². The summed E-state index contributed by atoms with van der Waals surface area (Å²) in [5, 5.41) is 15.8. The molecule has 1 N–H and O–H groups in total. The van der Waals surface area contributed by atoms with Gasteiger partial charge in [-0.3, -0.25) is 4.68 Å². The van der Waals surface area contributed by atoms with E-state index in [0.29, 0.717) is 6.42 Å². The summed E-state index contributed by atoms with van der Waals surface area (Å²) < 4.78 is 2.80. The highest BCUT2D eigenvalue weighted by atomic mass is 79.9. The monoisotopic (exact) mass is 334 g/mol. The van der Waals surface area contributed by atoms with Crippen LogP contribution in [0.5, 0.6) is 0 Å². The summed E-state index contributed by atoms with van der Waals surface area (Å²) in [5.41, 5.74) is 3.37. The van der Waals surface area contributed by atoms with Gasteiger partial charge in [0.15, 0.2) is 0 Å². The molecule has 4 heteroatoms. The molecule has 0 spiro atoms. The van der Waals surface area contributed by atoms with Gasteiger partial charge in [0.1, 0.15) is 5.60 Å². The lowest BCUT2D eigenvalue weighted by Crippen LogP contribution is -2.29. The van der Waals surface area contributed by atoms with Crippen LogP contribution < -0.4 is 0 Å². The van der Waals surface area contributed by atoms with Crippen LogP contribution in [0.4, 0.5) is 0 Å². The summed E-state index contributed by atoms with van der Waals surface area (Å²) in [6.45, 7) is 6.23. The molecular weight excluding hydrogens is 316 g/mol. The van der Waals surface area contributed by atoms with Gasteiger partial charge in [0.05, 0.1) is 16.4 Å². The van der Waals surface area contributed by atoms with Gasteiger partial charge < -0.3 is 5.11 Å². The van der Waals surface area contributed by atoms with Crippen LogP contribution in [-0.4, -0.2) is 14.9 Å². The maximum Gasteiger partial charge on any atom is 0.133 e. The van der Waals surface area contributed by atoms with Gasteiger partial charge in [0, 0.05) is 6.04 Å². The molecule has 1 aliphatic carbocycles. The Morgan fingerprint density at radius 1 is 1.40 bits per heavy atom. The second-order valence-corrected chi connectivity index (χ2v) is 6.75. The van der Waals surface area contributed by atoms with Crippen molar-refractivity contribution >= 4 is 15.9 Å². The normalized spacial score (nSPS) is 21.5. The standard InChI is InChI=1S/C16H19BrN2O/c1-10(2)19-15(14(17)9-18-19)16(20)7-6-12-5-4-11(3)8-13(12)16/h4-5,8-10,20H,6-7H2,1-3H3. The average molecular weight is 335 g/mol. The Labute approximate surface area is 127 Å². The molecule has 0 bridgehead atoms. The van der Waals surface area contributed by atoms with E-state index >= 15 is 0 Å². The summed E-state index contributed by atoms with van der Waals surface area (Å²) in [5.74, 6) is 0. The summed E-state index contributed by atoms with van der Waals surface area (Å²) in [4.78, 5) is 0. The molecule has 106 valence electrons. The minimum Gasteiger partial charge on any atom is -0.379 e. The predicted molar refractivity (Wildman–Crippen MR) is 82.8 cm³/mol. The molecule has 1 aliphatic rings. The minimum atomic E-state index is -0.943. The largest absolute Gasteiger partial charge is 0.379 e. The summed E-state index contributed by atoms with van der Waals surface area (Å²) in [6, 6.07) is 6.56. The lowest BCUT2D eigenvalue weighted by Gasteiger charge is -2.27. The van der Waals surface area contributed by atoms with Crippen molar-refractivity contribution in [2.45, 2.75) is 45.3 Å². The van der Waals surface area contributed by atoms with E-state index in [-0.39, 0.29) is 6.04 Å². The molecule has 1 aromatic carbocycles. The van der Waals surface area contributed by atoms with Gasteiger partial charge >= 0.3 is 0 Å². The Kier molecular flexibility index (Phi) is 3.26. The second-order valence-electron chi connectivity index (χ2n) is 5.90. The van der Waals surface area contributed by atoms with Crippen LogP contribution >= 0.6 is 15.9 Å². The summed E-state index contributed by atoms with van der Waals surface area (Å²) in [7, 11) is 0. The Balaban J connectivity index is 2.22. The van der Waals surface area contributed by atoms with Crippen LogP contribution in [0.15, 0.2) is 28.9 Å². The zero-order valence-electron chi connectivity index (χ0n) is 12.0. The Morgan fingerprint density at radius 2 is 2.15 bits per heavy atom. The quantitative estimate of drug-likeness (QED) is 0.908. The third-order valence-corrected chi connectivity index (χ3v) is 4.68. The highest BCUT2D eigenvalue weighted by molar-refractivity contribution is 9.10. The van der Waals surface area contributed by atoms with Crippen LogP contribution in [0.25, 0.3) is 0 Å².